The number of carbonyl (C=O) groups excluding carboxylic acids is 1. The summed E-state index contributed by atoms with van der Waals surface area (Å²) < 4.78 is 5.68. The van der Waals surface area contributed by atoms with E-state index in [1.54, 1.807) is 0 Å². The summed E-state index contributed by atoms with van der Waals surface area (Å²) in [4.78, 5) is 20.1. The van der Waals surface area contributed by atoms with Gasteiger partial charge in [-0.15, -0.1) is 0 Å². The second-order valence-corrected chi connectivity index (χ2v) is 5.69. The van der Waals surface area contributed by atoms with Crippen molar-refractivity contribution in [1.29, 1.82) is 0 Å². The first-order chi connectivity index (χ1) is 12.6. The molecule has 7 heteroatoms. The van der Waals surface area contributed by atoms with Gasteiger partial charge in [0, 0.05) is 0 Å². The lowest BCUT2D eigenvalue weighted by molar-refractivity contribution is -0.119. The molecular formula is C19H19N5O2. The predicted octanol–water partition coefficient (Wildman–Crippen LogP) is 2.85. The van der Waals surface area contributed by atoms with Crippen molar-refractivity contribution in [2.45, 2.75) is 13.3 Å². The molecule has 0 saturated heterocycles. The Balaban J connectivity index is 1.63. The second kappa shape index (κ2) is 7.98. The van der Waals surface area contributed by atoms with Gasteiger partial charge in [-0.1, -0.05) is 48.0 Å². The van der Waals surface area contributed by atoms with E-state index in [0.717, 1.165) is 11.1 Å². The maximum atomic E-state index is 12.0. The molecule has 0 aliphatic heterocycles. The summed E-state index contributed by atoms with van der Waals surface area (Å²) in [6, 6.07) is 16.9. The Morgan fingerprint density at radius 1 is 1.08 bits per heavy atom. The lowest BCUT2D eigenvalue weighted by atomic mass is 10.1. The van der Waals surface area contributed by atoms with Crippen LogP contribution in [0.3, 0.4) is 0 Å². The van der Waals surface area contributed by atoms with E-state index in [0.29, 0.717) is 5.75 Å². The van der Waals surface area contributed by atoms with Crippen molar-refractivity contribution in [2.75, 3.05) is 11.2 Å². The first-order valence-corrected chi connectivity index (χ1v) is 8.05. The highest BCUT2D eigenvalue weighted by molar-refractivity contribution is 5.80. The van der Waals surface area contributed by atoms with E-state index >= 15 is 0 Å². The summed E-state index contributed by atoms with van der Waals surface area (Å²) in [7, 11) is 0. The number of carbonyl (C=O) groups is 1. The standard InChI is InChI=1S/C19H19N5O2/c1-13-7-9-15(10-8-13)26-19-17(20)18(21-12-22-19)24-23-16(25)11-14-5-3-2-4-6-14/h2-10,12H,11,20H2,1H3,(H,23,25)(H,21,22,24). The number of nitrogens with one attached hydrogen (secondary N) is 2. The minimum Gasteiger partial charge on any atom is -0.437 e. The third-order valence-electron chi connectivity index (χ3n) is 3.61. The molecule has 4 N–H and O–H groups in total. The Hall–Kier alpha value is -3.61. The quantitative estimate of drug-likeness (QED) is 0.592. The first-order valence-electron chi connectivity index (χ1n) is 8.05. The number of benzene rings is 2. The van der Waals surface area contributed by atoms with Crippen LogP contribution in [-0.4, -0.2) is 15.9 Å². The molecule has 1 amide bonds. The fourth-order valence-electron chi connectivity index (χ4n) is 2.23. The number of ether oxygens (including phenoxy) is 1. The summed E-state index contributed by atoms with van der Waals surface area (Å²) in [5.74, 6) is 0.877. The molecular weight excluding hydrogens is 330 g/mol. The largest absolute Gasteiger partial charge is 0.437 e. The van der Waals surface area contributed by atoms with Gasteiger partial charge < -0.3 is 10.5 Å². The number of nitrogen functional groups attached to an aromatic ring is 1. The Bertz CT molecular complexity index is 882. The zero-order valence-corrected chi connectivity index (χ0v) is 14.3. The molecule has 0 unspecified atom stereocenters. The molecule has 26 heavy (non-hydrogen) atoms. The van der Waals surface area contributed by atoms with Crippen LogP contribution in [0.2, 0.25) is 0 Å². The third-order valence-corrected chi connectivity index (χ3v) is 3.61. The second-order valence-electron chi connectivity index (χ2n) is 5.69. The van der Waals surface area contributed by atoms with Crippen LogP contribution in [0.5, 0.6) is 11.6 Å². The minimum atomic E-state index is -0.213. The van der Waals surface area contributed by atoms with Gasteiger partial charge in [0.25, 0.3) is 0 Å². The molecule has 0 bridgehead atoms. The zero-order chi connectivity index (χ0) is 18.4. The summed E-state index contributed by atoms with van der Waals surface area (Å²) in [5, 5.41) is 0. The lowest BCUT2D eigenvalue weighted by Crippen LogP contribution is -2.31. The van der Waals surface area contributed by atoms with E-state index in [1.165, 1.54) is 6.33 Å². The molecule has 132 valence electrons. The number of amides is 1. The molecule has 7 nitrogen and oxygen atoms in total. The van der Waals surface area contributed by atoms with Gasteiger partial charge in [0.15, 0.2) is 5.82 Å². The molecule has 1 heterocycles. The highest BCUT2D eigenvalue weighted by Gasteiger charge is 2.11. The summed E-state index contributed by atoms with van der Waals surface area (Å²) in [6.45, 7) is 1.99. The normalized spacial score (nSPS) is 10.2. The lowest BCUT2D eigenvalue weighted by Gasteiger charge is -2.12. The van der Waals surface area contributed by atoms with Crippen LogP contribution in [0, 0.1) is 6.92 Å². The van der Waals surface area contributed by atoms with E-state index in [-0.39, 0.29) is 29.7 Å². The molecule has 0 aliphatic carbocycles. The van der Waals surface area contributed by atoms with Gasteiger partial charge in [-0.25, -0.2) is 4.98 Å². The van der Waals surface area contributed by atoms with Crippen LogP contribution in [0.15, 0.2) is 60.9 Å². The van der Waals surface area contributed by atoms with E-state index in [2.05, 4.69) is 20.8 Å². The van der Waals surface area contributed by atoms with Gasteiger partial charge in [0.1, 0.15) is 17.8 Å². The van der Waals surface area contributed by atoms with Crippen LogP contribution in [0.25, 0.3) is 0 Å². The van der Waals surface area contributed by atoms with Crippen LogP contribution in [-0.2, 0) is 11.2 Å². The van der Waals surface area contributed by atoms with Crippen molar-refractivity contribution < 1.29 is 9.53 Å². The summed E-state index contributed by atoms with van der Waals surface area (Å²) in [6.07, 6.45) is 1.55. The molecule has 0 saturated carbocycles. The van der Waals surface area contributed by atoms with Gasteiger partial charge in [-0.05, 0) is 24.6 Å². The fourth-order valence-corrected chi connectivity index (χ4v) is 2.23. The smallest absolute Gasteiger partial charge is 0.248 e. The number of hydrogen-bond donors (Lipinski definition) is 3. The molecule has 0 atom stereocenters. The maximum Gasteiger partial charge on any atom is 0.248 e. The third kappa shape index (κ3) is 4.47. The van der Waals surface area contributed by atoms with Crippen molar-refractivity contribution >= 4 is 17.4 Å². The predicted molar refractivity (Wildman–Crippen MR) is 99.6 cm³/mol. The van der Waals surface area contributed by atoms with Gasteiger partial charge >= 0.3 is 0 Å². The number of rotatable bonds is 6. The number of nitrogens with zero attached hydrogens (tertiary/aromatic N) is 2. The van der Waals surface area contributed by atoms with Gasteiger partial charge in [0.05, 0.1) is 6.42 Å². The zero-order valence-electron chi connectivity index (χ0n) is 14.3. The minimum absolute atomic E-state index is 0.202. The van der Waals surface area contributed by atoms with E-state index in [4.69, 9.17) is 10.5 Å². The highest BCUT2D eigenvalue weighted by Crippen LogP contribution is 2.28. The number of nitrogens with two attached hydrogens (primary N) is 1. The van der Waals surface area contributed by atoms with Gasteiger partial charge in [-0.3, -0.25) is 15.6 Å². The maximum absolute atomic E-state index is 12.0. The summed E-state index contributed by atoms with van der Waals surface area (Å²) >= 11 is 0. The van der Waals surface area contributed by atoms with E-state index in [9.17, 15) is 4.79 Å². The topological polar surface area (TPSA) is 102 Å². The molecule has 0 fully saturated rings. The molecule has 3 rings (SSSR count). The Labute approximate surface area is 151 Å². The van der Waals surface area contributed by atoms with Crippen molar-refractivity contribution in [3.8, 4) is 11.6 Å². The molecule has 0 radical (unpaired) electrons. The average molecular weight is 349 g/mol. The molecule has 3 aromatic rings. The molecule has 0 spiro atoms. The average Bonchev–Trinajstić information content (AvgIpc) is 2.65. The number of aromatic nitrogens is 2. The van der Waals surface area contributed by atoms with E-state index in [1.807, 2.05) is 61.5 Å². The van der Waals surface area contributed by atoms with Gasteiger partial charge in [0.2, 0.25) is 11.8 Å². The SMILES string of the molecule is Cc1ccc(Oc2ncnc(NNC(=O)Cc3ccccc3)c2N)cc1. The molecule has 1 aromatic heterocycles. The van der Waals surface area contributed by atoms with Crippen LogP contribution < -0.4 is 21.3 Å². The monoisotopic (exact) mass is 349 g/mol. The first kappa shape index (κ1) is 17.2. The fraction of sp³-hybridized carbons (Fsp3) is 0.105. The molecule has 0 aliphatic rings. The van der Waals surface area contributed by atoms with Crippen LogP contribution >= 0.6 is 0 Å². The van der Waals surface area contributed by atoms with Crippen molar-refractivity contribution in [3.05, 3.63) is 72.1 Å². The number of hydrazine groups is 1. The summed E-state index contributed by atoms with van der Waals surface area (Å²) in [5.41, 5.74) is 13.6. The van der Waals surface area contributed by atoms with Crippen LogP contribution in [0.1, 0.15) is 11.1 Å². The Kier molecular flexibility index (Phi) is 5.28. The molecule has 2 aromatic carbocycles. The van der Waals surface area contributed by atoms with Gasteiger partial charge in [-0.2, -0.15) is 4.98 Å². The Morgan fingerprint density at radius 2 is 1.81 bits per heavy atom. The van der Waals surface area contributed by atoms with Crippen molar-refractivity contribution in [3.63, 3.8) is 0 Å². The van der Waals surface area contributed by atoms with E-state index < -0.39 is 0 Å². The highest BCUT2D eigenvalue weighted by atomic mass is 16.5. The van der Waals surface area contributed by atoms with Crippen molar-refractivity contribution in [1.82, 2.24) is 15.4 Å². The van der Waals surface area contributed by atoms with Crippen LogP contribution in [0.4, 0.5) is 11.5 Å². The number of hydrogen-bond acceptors (Lipinski definition) is 6. The number of anilines is 2. The Morgan fingerprint density at radius 3 is 2.54 bits per heavy atom. The number of aryl methyl sites for hydroxylation is 1. The van der Waals surface area contributed by atoms with Crippen molar-refractivity contribution in [2.24, 2.45) is 0 Å².